The van der Waals surface area contributed by atoms with E-state index in [2.05, 4.69) is 24.3 Å². The van der Waals surface area contributed by atoms with E-state index in [0.29, 0.717) is 6.61 Å². The average molecular weight is 205 g/mol. The number of hydrogen-bond acceptors (Lipinski definition) is 3. The molecule has 0 unspecified atom stereocenters. The molecule has 3 nitrogen and oxygen atoms in total. The predicted octanol–water partition coefficient (Wildman–Crippen LogP) is 2.92. The van der Waals surface area contributed by atoms with Crippen LogP contribution in [-0.2, 0) is 9.47 Å². The molecule has 0 saturated heterocycles. The molecular weight excluding hydrogens is 188 g/mol. The summed E-state index contributed by atoms with van der Waals surface area (Å²) in [5, 5.41) is -0.619. The first-order chi connectivity index (χ1) is 6.27. The van der Waals surface area contributed by atoms with Crippen molar-refractivity contribution in [3.8, 4) is 0 Å². The number of carbonyl (C=O) groups is 1. The quantitative estimate of drug-likeness (QED) is 0.451. The molecule has 0 spiro atoms. The monoisotopic (exact) mass is 205 g/mol. The molecule has 4 heteroatoms. The number of ether oxygens (including phenoxy) is 2. The Morgan fingerprint density at radius 2 is 1.77 bits per heavy atom. The van der Waals surface area contributed by atoms with Crippen molar-refractivity contribution < 1.29 is 14.3 Å². The van der Waals surface area contributed by atoms with Gasteiger partial charge >= 0.3 is 5.30 Å². The van der Waals surface area contributed by atoms with Gasteiger partial charge in [0.2, 0.25) is 0 Å². The fourth-order valence-electron chi connectivity index (χ4n) is 0.810. The molecule has 13 heavy (non-hydrogen) atoms. The molecule has 0 heterocycles. The molecule has 1 radical (unpaired) electrons. The zero-order chi connectivity index (χ0) is 9.94. The Balaban J connectivity index is 2.87. The van der Waals surface area contributed by atoms with Gasteiger partial charge in [-0.25, -0.2) is 4.79 Å². The maximum absolute atomic E-state index is 10.2. The van der Waals surface area contributed by atoms with Crippen molar-refractivity contribution in [1.29, 1.82) is 0 Å². The van der Waals surface area contributed by atoms with E-state index in [-0.39, 0.29) is 0 Å². The van der Waals surface area contributed by atoms with Gasteiger partial charge in [-0.15, -0.1) is 0 Å². The van der Waals surface area contributed by atoms with E-state index < -0.39 is 5.30 Å². The van der Waals surface area contributed by atoms with Gasteiger partial charge in [0, 0.05) is 25.8 Å². The molecule has 0 N–H and O–H groups in total. The minimum absolute atomic E-state index is 0.416. The van der Waals surface area contributed by atoms with Gasteiger partial charge in [-0.3, -0.25) is 0 Å². The van der Waals surface area contributed by atoms with Gasteiger partial charge in [0.05, 0.1) is 6.61 Å². The number of hydrogen-bond donors (Lipinski definition) is 0. The van der Waals surface area contributed by atoms with Crippen LogP contribution in [0.4, 0.5) is 4.79 Å². The summed E-state index contributed by atoms with van der Waals surface area (Å²) in [6, 6.07) is 0. The molecule has 0 aromatic rings. The van der Waals surface area contributed by atoms with Crippen LogP contribution in [0, 0.1) is 0 Å². The van der Waals surface area contributed by atoms with Gasteiger partial charge < -0.3 is 9.47 Å². The first kappa shape index (κ1) is 12.7. The number of rotatable bonds is 8. The standard InChI is InChI=1S/C9H17O3S/c1-2-3-6-11-7-4-5-8-12-9(10)13/h2-8H2,1H3. The minimum atomic E-state index is -0.619. The van der Waals surface area contributed by atoms with Gasteiger partial charge in [0.15, 0.2) is 0 Å². The van der Waals surface area contributed by atoms with Crippen LogP contribution in [0.1, 0.15) is 32.6 Å². The molecule has 0 rings (SSSR count). The Morgan fingerprint density at radius 3 is 2.38 bits per heavy atom. The Kier molecular flexibility index (Phi) is 9.47. The van der Waals surface area contributed by atoms with Crippen LogP contribution < -0.4 is 0 Å². The van der Waals surface area contributed by atoms with Gasteiger partial charge in [-0.1, -0.05) is 13.3 Å². The third kappa shape index (κ3) is 11.7. The van der Waals surface area contributed by atoms with E-state index in [1.807, 2.05) is 0 Å². The summed E-state index contributed by atoms with van der Waals surface area (Å²) in [5.41, 5.74) is 0. The second kappa shape index (κ2) is 9.74. The molecule has 0 fully saturated rings. The molecule has 0 aliphatic carbocycles. The highest BCUT2D eigenvalue weighted by atomic mass is 32.1. The maximum Gasteiger partial charge on any atom is 0.400 e. The minimum Gasteiger partial charge on any atom is -0.454 e. The van der Waals surface area contributed by atoms with Crippen LogP contribution in [0.25, 0.3) is 0 Å². The van der Waals surface area contributed by atoms with Crippen LogP contribution in [0.5, 0.6) is 0 Å². The van der Waals surface area contributed by atoms with Crippen molar-refractivity contribution in [3.63, 3.8) is 0 Å². The van der Waals surface area contributed by atoms with Gasteiger partial charge in [0.1, 0.15) is 0 Å². The highest BCUT2D eigenvalue weighted by Gasteiger charge is 1.94. The molecule has 0 saturated carbocycles. The Bertz CT molecular complexity index is 128. The molecular formula is C9H17O3S. The van der Waals surface area contributed by atoms with E-state index in [9.17, 15) is 4.79 Å². The van der Waals surface area contributed by atoms with E-state index in [4.69, 9.17) is 4.74 Å². The molecule has 0 aliphatic rings. The third-order valence-corrected chi connectivity index (χ3v) is 1.66. The van der Waals surface area contributed by atoms with Crippen molar-refractivity contribution in [3.05, 3.63) is 0 Å². The molecule has 0 aromatic heterocycles. The lowest BCUT2D eigenvalue weighted by Crippen LogP contribution is -2.01. The van der Waals surface area contributed by atoms with E-state index in [1.54, 1.807) is 0 Å². The van der Waals surface area contributed by atoms with Crippen LogP contribution in [0.15, 0.2) is 0 Å². The fourth-order valence-corrected chi connectivity index (χ4v) is 0.893. The molecule has 0 aliphatic heterocycles. The highest BCUT2D eigenvalue weighted by Crippen LogP contribution is 1.95. The smallest absolute Gasteiger partial charge is 0.400 e. The molecule has 0 atom stereocenters. The number of carbonyl (C=O) groups excluding carboxylic acids is 1. The summed E-state index contributed by atoms with van der Waals surface area (Å²) in [6.07, 6.45) is 4.02. The first-order valence-corrected chi connectivity index (χ1v) is 5.09. The zero-order valence-corrected chi connectivity index (χ0v) is 8.90. The van der Waals surface area contributed by atoms with Crippen molar-refractivity contribution >= 4 is 17.9 Å². The summed E-state index contributed by atoms with van der Waals surface area (Å²) in [5.74, 6) is 0. The lowest BCUT2D eigenvalue weighted by Gasteiger charge is -2.02. The second-order valence-electron chi connectivity index (χ2n) is 2.77. The normalized spacial score (nSPS) is 9.92. The van der Waals surface area contributed by atoms with Crippen molar-refractivity contribution in [1.82, 2.24) is 0 Å². The molecule has 0 bridgehead atoms. The predicted molar refractivity (Wildman–Crippen MR) is 53.9 cm³/mol. The highest BCUT2D eigenvalue weighted by molar-refractivity contribution is 7.96. The van der Waals surface area contributed by atoms with Crippen molar-refractivity contribution in [2.45, 2.75) is 32.6 Å². The fraction of sp³-hybridized carbons (Fsp3) is 0.889. The van der Waals surface area contributed by atoms with E-state index in [1.165, 1.54) is 0 Å². The SMILES string of the molecule is CCCCOCCCCOC(=O)[S]. The molecule has 0 aromatic carbocycles. The summed E-state index contributed by atoms with van der Waals surface area (Å²) in [6.45, 7) is 4.12. The number of unbranched alkanes of at least 4 members (excludes halogenated alkanes) is 2. The summed E-state index contributed by atoms with van der Waals surface area (Å²) in [7, 11) is 0. The van der Waals surface area contributed by atoms with E-state index in [0.717, 1.165) is 38.9 Å². The van der Waals surface area contributed by atoms with E-state index >= 15 is 0 Å². The molecule has 77 valence electrons. The average Bonchev–Trinajstić information content (AvgIpc) is 2.09. The van der Waals surface area contributed by atoms with Crippen molar-refractivity contribution in [2.75, 3.05) is 19.8 Å². The summed E-state index contributed by atoms with van der Waals surface area (Å²) in [4.78, 5) is 10.2. The maximum atomic E-state index is 10.2. The molecule has 0 amide bonds. The van der Waals surface area contributed by atoms with Crippen LogP contribution in [0.2, 0.25) is 0 Å². The Hall–Kier alpha value is -0.350. The van der Waals surface area contributed by atoms with Gasteiger partial charge in [-0.05, 0) is 19.3 Å². The zero-order valence-electron chi connectivity index (χ0n) is 8.08. The van der Waals surface area contributed by atoms with Crippen molar-refractivity contribution in [2.24, 2.45) is 0 Å². The summed E-state index contributed by atoms with van der Waals surface area (Å²) >= 11 is 4.22. The topological polar surface area (TPSA) is 35.5 Å². The lowest BCUT2D eigenvalue weighted by atomic mass is 10.3. The Morgan fingerprint density at radius 1 is 1.15 bits per heavy atom. The summed E-state index contributed by atoms with van der Waals surface area (Å²) < 4.78 is 9.90. The lowest BCUT2D eigenvalue weighted by molar-refractivity contribution is 0.119. The largest absolute Gasteiger partial charge is 0.454 e. The van der Waals surface area contributed by atoms with Crippen LogP contribution >= 0.6 is 12.6 Å². The first-order valence-electron chi connectivity index (χ1n) is 4.69. The van der Waals surface area contributed by atoms with Crippen LogP contribution in [0.3, 0.4) is 0 Å². The van der Waals surface area contributed by atoms with Crippen LogP contribution in [-0.4, -0.2) is 25.1 Å². The second-order valence-corrected chi connectivity index (χ2v) is 3.10. The third-order valence-electron chi connectivity index (χ3n) is 1.55. The Labute approximate surface area is 85.2 Å². The van der Waals surface area contributed by atoms with Gasteiger partial charge in [-0.2, -0.15) is 0 Å². The van der Waals surface area contributed by atoms with Gasteiger partial charge in [0.25, 0.3) is 0 Å².